The van der Waals surface area contributed by atoms with Crippen LogP contribution < -0.4 is 5.32 Å². The van der Waals surface area contributed by atoms with Crippen LogP contribution in [0.5, 0.6) is 0 Å². The SMILES string of the molecule is CC(Nc1ccc(C(=O)O)nc1)c1cccc(F)c1. The van der Waals surface area contributed by atoms with Crippen LogP contribution in [-0.4, -0.2) is 16.1 Å². The Labute approximate surface area is 109 Å². The second-order valence-electron chi connectivity index (χ2n) is 4.16. The highest BCUT2D eigenvalue weighted by molar-refractivity contribution is 5.85. The van der Waals surface area contributed by atoms with Crippen molar-refractivity contribution < 1.29 is 14.3 Å². The van der Waals surface area contributed by atoms with E-state index in [2.05, 4.69) is 10.3 Å². The zero-order valence-corrected chi connectivity index (χ0v) is 10.3. The topological polar surface area (TPSA) is 62.2 Å². The Morgan fingerprint density at radius 1 is 1.37 bits per heavy atom. The Morgan fingerprint density at radius 3 is 2.74 bits per heavy atom. The average Bonchev–Trinajstić information content (AvgIpc) is 2.39. The van der Waals surface area contributed by atoms with Crippen molar-refractivity contribution in [3.8, 4) is 0 Å². The molecule has 0 amide bonds. The first-order valence-electron chi connectivity index (χ1n) is 5.77. The fourth-order valence-electron chi connectivity index (χ4n) is 1.72. The van der Waals surface area contributed by atoms with Gasteiger partial charge in [0.1, 0.15) is 11.5 Å². The van der Waals surface area contributed by atoms with Crippen molar-refractivity contribution in [2.45, 2.75) is 13.0 Å². The number of carboxylic acids is 1. The smallest absolute Gasteiger partial charge is 0.354 e. The van der Waals surface area contributed by atoms with Crippen LogP contribution in [0.1, 0.15) is 29.0 Å². The molecule has 0 spiro atoms. The lowest BCUT2D eigenvalue weighted by molar-refractivity contribution is 0.0690. The van der Waals surface area contributed by atoms with Crippen LogP contribution in [0, 0.1) is 5.82 Å². The van der Waals surface area contributed by atoms with Crippen LogP contribution in [0.25, 0.3) is 0 Å². The Hall–Kier alpha value is -2.43. The molecule has 1 atom stereocenters. The number of hydrogen-bond donors (Lipinski definition) is 2. The number of nitrogens with one attached hydrogen (secondary N) is 1. The van der Waals surface area contributed by atoms with Gasteiger partial charge in [-0.2, -0.15) is 0 Å². The molecule has 2 N–H and O–H groups in total. The number of hydrogen-bond acceptors (Lipinski definition) is 3. The molecule has 1 aromatic carbocycles. The predicted octanol–water partition coefficient (Wildman–Crippen LogP) is 3.09. The van der Waals surface area contributed by atoms with E-state index in [1.807, 2.05) is 13.0 Å². The lowest BCUT2D eigenvalue weighted by atomic mass is 10.1. The van der Waals surface area contributed by atoms with Crippen molar-refractivity contribution in [2.75, 3.05) is 5.32 Å². The summed E-state index contributed by atoms with van der Waals surface area (Å²) in [5.41, 5.74) is 1.48. The summed E-state index contributed by atoms with van der Waals surface area (Å²) in [5, 5.41) is 11.9. The molecule has 0 fully saturated rings. The van der Waals surface area contributed by atoms with Crippen LogP contribution in [0.3, 0.4) is 0 Å². The van der Waals surface area contributed by atoms with Gasteiger partial charge in [-0.15, -0.1) is 0 Å². The number of halogens is 1. The van der Waals surface area contributed by atoms with E-state index in [4.69, 9.17) is 5.11 Å². The number of carboxylic acid groups (broad SMARTS) is 1. The fourth-order valence-corrected chi connectivity index (χ4v) is 1.72. The van der Waals surface area contributed by atoms with Crippen LogP contribution in [-0.2, 0) is 0 Å². The maximum atomic E-state index is 13.1. The molecule has 2 rings (SSSR count). The van der Waals surface area contributed by atoms with Gasteiger partial charge >= 0.3 is 5.97 Å². The summed E-state index contributed by atoms with van der Waals surface area (Å²) in [5.74, 6) is -1.35. The molecule has 5 heteroatoms. The number of benzene rings is 1. The summed E-state index contributed by atoms with van der Waals surface area (Å²) < 4.78 is 13.1. The predicted molar refractivity (Wildman–Crippen MR) is 69.6 cm³/mol. The highest BCUT2D eigenvalue weighted by Gasteiger charge is 2.08. The zero-order valence-electron chi connectivity index (χ0n) is 10.3. The molecule has 1 unspecified atom stereocenters. The van der Waals surface area contributed by atoms with Crippen molar-refractivity contribution in [1.82, 2.24) is 4.98 Å². The van der Waals surface area contributed by atoms with E-state index >= 15 is 0 Å². The molecule has 19 heavy (non-hydrogen) atoms. The number of pyridine rings is 1. The van der Waals surface area contributed by atoms with Gasteiger partial charge in [-0.25, -0.2) is 14.2 Å². The van der Waals surface area contributed by atoms with Crippen molar-refractivity contribution in [1.29, 1.82) is 0 Å². The Kier molecular flexibility index (Phi) is 3.75. The van der Waals surface area contributed by atoms with Gasteiger partial charge in [0.2, 0.25) is 0 Å². The second-order valence-corrected chi connectivity index (χ2v) is 4.16. The molecule has 0 aliphatic heterocycles. The quantitative estimate of drug-likeness (QED) is 0.886. The number of aromatic carboxylic acids is 1. The monoisotopic (exact) mass is 260 g/mol. The van der Waals surface area contributed by atoms with Crippen molar-refractivity contribution >= 4 is 11.7 Å². The third-order valence-electron chi connectivity index (χ3n) is 2.71. The van der Waals surface area contributed by atoms with Crippen LogP contribution in [0.2, 0.25) is 0 Å². The highest BCUT2D eigenvalue weighted by Crippen LogP contribution is 2.19. The lowest BCUT2D eigenvalue weighted by Gasteiger charge is -2.15. The van der Waals surface area contributed by atoms with Crippen LogP contribution in [0.4, 0.5) is 10.1 Å². The molecule has 0 aliphatic carbocycles. The zero-order chi connectivity index (χ0) is 13.8. The highest BCUT2D eigenvalue weighted by atomic mass is 19.1. The molecule has 0 bridgehead atoms. The number of aromatic nitrogens is 1. The minimum Gasteiger partial charge on any atom is -0.477 e. The van der Waals surface area contributed by atoms with Crippen molar-refractivity contribution in [2.24, 2.45) is 0 Å². The molecular formula is C14H13FN2O2. The number of nitrogens with zero attached hydrogens (tertiary/aromatic N) is 1. The van der Waals surface area contributed by atoms with E-state index in [0.29, 0.717) is 5.69 Å². The number of rotatable bonds is 4. The van der Waals surface area contributed by atoms with Crippen LogP contribution in [0.15, 0.2) is 42.6 Å². The Balaban J connectivity index is 2.10. The summed E-state index contributed by atoms with van der Waals surface area (Å²) in [6.07, 6.45) is 1.44. The summed E-state index contributed by atoms with van der Waals surface area (Å²) in [6, 6.07) is 9.26. The van der Waals surface area contributed by atoms with E-state index in [-0.39, 0.29) is 17.6 Å². The normalized spacial score (nSPS) is 11.9. The lowest BCUT2D eigenvalue weighted by Crippen LogP contribution is -2.08. The summed E-state index contributed by atoms with van der Waals surface area (Å²) in [6.45, 7) is 1.89. The molecule has 4 nitrogen and oxygen atoms in total. The number of anilines is 1. The molecule has 1 aromatic heterocycles. The van der Waals surface area contributed by atoms with Gasteiger partial charge in [-0.05, 0) is 36.8 Å². The van der Waals surface area contributed by atoms with E-state index in [1.54, 1.807) is 12.1 Å². The first-order chi connectivity index (χ1) is 9.06. The summed E-state index contributed by atoms with van der Waals surface area (Å²) in [4.78, 5) is 14.5. The van der Waals surface area contributed by atoms with Gasteiger partial charge in [-0.1, -0.05) is 12.1 Å². The first-order valence-corrected chi connectivity index (χ1v) is 5.77. The van der Waals surface area contributed by atoms with Gasteiger partial charge < -0.3 is 10.4 Å². The minimum atomic E-state index is -1.07. The van der Waals surface area contributed by atoms with Crippen molar-refractivity contribution in [3.05, 3.63) is 59.7 Å². The van der Waals surface area contributed by atoms with E-state index < -0.39 is 5.97 Å². The standard InChI is InChI=1S/C14H13FN2O2/c1-9(10-3-2-4-11(15)7-10)17-12-5-6-13(14(18)19)16-8-12/h2-9,17H,1H3,(H,18,19). The molecule has 1 heterocycles. The third kappa shape index (κ3) is 3.28. The van der Waals surface area contributed by atoms with Gasteiger partial charge in [0, 0.05) is 6.04 Å². The largest absolute Gasteiger partial charge is 0.477 e. The third-order valence-corrected chi connectivity index (χ3v) is 2.71. The first kappa shape index (κ1) is 13.0. The van der Waals surface area contributed by atoms with Gasteiger partial charge in [0.15, 0.2) is 0 Å². The average molecular weight is 260 g/mol. The molecule has 0 radical (unpaired) electrons. The van der Waals surface area contributed by atoms with Crippen molar-refractivity contribution in [3.63, 3.8) is 0 Å². The van der Waals surface area contributed by atoms with Gasteiger partial charge in [0.05, 0.1) is 11.9 Å². The number of carbonyl (C=O) groups is 1. The molecular weight excluding hydrogens is 247 g/mol. The van der Waals surface area contributed by atoms with E-state index in [9.17, 15) is 9.18 Å². The molecule has 0 saturated heterocycles. The van der Waals surface area contributed by atoms with Crippen LogP contribution >= 0.6 is 0 Å². The molecule has 2 aromatic rings. The van der Waals surface area contributed by atoms with E-state index in [1.165, 1.54) is 24.4 Å². The molecule has 98 valence electrons. The molecule has 0 saturated carbocycles. The van der Waals surface area contributed by atoms with E-state index in [0.717, 1.165) is 5.56 Å². The summed E-state index contributed by atoms with van der Waals surface area (Å²) >= 11 is 0. The summed E-state index contributed by atoms with van der Waals surface area (Å²) in [7, 11) is 0. The second kappa shape index (κ2) is 5.48. The minimum absolute atomic E-state index is 0.0102. The maximum absolute atomic E-state index is 13.1. The Bertz CT molecular complexity index is 584. The van der Waals surface area contributed by atoms with Gasteiger partial charge in [-0.3, -0.25) is 0 Å². The fraction of sp³-hybridized carbons (Fsp3) is 0.143. The molecule has 0 aliphatic rings. The Morgan fingerprint density at radius 2 is 2.16 bits per heavy atom. The van der Waals surface area contributed by atoms with Gasteiger partial charge in [0.25, 0.3) is 0 Å². The maximum Gasteiger partial charge on any atom is 0.354 e.